The van der Waals surface area contributed by atoms with Crippen molar-refractivity contribution in [2.75, 3.05) is 6.61 Å². The average molecular weight is 326 g/mol. The number of carbonyl (C=O) groups excluding carboxylic acids is 1. The zero-order chi connectivity index (χ0) is 17.9. The Bertz CT molecular complexity index is 896. The van der Waals surface area contributed by atoms with Crippen molar-refractivity contribution in [2.24, 2.45) is 0 Å². The highest BCUT2D eigenvalue weighted by Crippen LogP contribution is 2.29. The van der Waals surface area contributed by atoms with Gasteiger partial charge in [0.05, 0.1) is 23.1 Å². The molecule has 1 aromatic heterocycles. The van der Waals surface area contributed by atoms with Crippen LogP contribution in [0.1, 0.15) is 26.3 Å². The summed E-state index contributed by atoms with van der Waals surface area (Å²) in [6.07, 6.45) is 5.45. The van der Waals surface area contributed by atoms with Gasteiger partial charge in [-0.05, 0) is 39.0 Å². The van der Waals surface area contributed by atoms with E-state index in [1.165, 1.54) is 6.07 Å². The molecule has 0 aliphatic rings. The molecule has 0 unspecified atom stereocenters. The van der Waals surface area contributed by atoms with E-state index < -0.39 is 17.2 Å². The van der Waals surface area contributed by atoms with Gasteiger partial charge in [0.2, 0.25) is 0 Å². The maximum atomic E-state index is 12.1. The van der Waals surface area contributed by atoms with Crippen molar-refractivity contribution in [3.63, 3.8) is 0 Å². The Morgan fingerprint density at radius 1 is 1.42 bits per heavy atom. The quantitative estimate of drug-likeness (QED) is 0.365. The predicted octanol–water partition coefficient (Wildman–Crippen LogP) is 3.16. The summed E-state index contributed by atoms with van der Waals surface area (Å²) >= 11 is 0. The third-order valence-corrected chi connectivity index (χ3v) is 3.30. The molecule has 2 aromatic rings. The number of hydrogen-bond donors (Lipinski definition) is 0. The van der Waals surface area contributed by atoms with Gasteiger partial charge >= 0.3 is 11.6 Å². The van der Waals surface area contributed by atoms with Crippen LogP contribution in [0.2, 0.25) is 0 Å². The average Bonchev–Trinajstić information content (AvgIpc) is 2.54. The first-order valence-corrected chi connectivity index (χ1v) is 7.39. The van der Waals surface area contributed by atoms with Crippen molar-refractivity contribution in [1.82, 2.24) is 0 Å². The second-order valence-corrected chi connectivity index (χ2v) is 5.57. The lowest BCUT2D eigenvalue weighted by Crippen LogP contribution is -2.25. The lowest BCUT2D eigenvalue weighted by atomic mass is 10.1. The summed E-state index contributed by atoms with van der Waals surface area (Å²) in [4.78, 5) is 24.0. The van der Waals surface area contributed by atoms with Crippen LogP contribution in [0.25, 0.3) is 16.5 Å². The van der Waals surface area contributed by atoms with Gasteiger partial charge in [0.15, 0.2) is 5.60 Å². The lowest BCUT2D eigenvalue weighted by molar-refractivity contribution is -0.136. The fourth-order valence-electron chi connectivity index (χ4n) is 2.05. The van der Waals surface area contributed by atoms with Gasteiger partial charge < -0.3 is 13.9 Å². The molecule has 0 aliphatic heterocycles. The van der Waals surface area contributed by atoms with Crippen LogP contribution in [0.15, 0.2) is 40.1 Å². The molecule has 0 N–H and O–H groups in total. The van der Waals surface area contributed by atoms with E-state index in [2.05, 4.69) is 12.5 Å². The maximum absolute atomic E-state index is 12.1. The molecule has 0 spiro atoms. The smallest absolute Gasteiger partial charge is 0.344 e. The molecule has 0 fully saturated rings. The van der Waals surface area contributed by atoms with Crippen molar-refractivity contribution in [3.8, 4) is 18.1 Å². The second kappa shape index (κ2) is 6.63. The molecule has 0 amide bonds. The normalized spacial score (nSPS) is 10.9. The summed E-state index contributed by atoms with van der Waals surface area (Å²) in [7, 11) is 0. The standard InChI is InChI=1S/C19H18O5/c1-6-19(4,5)24-16-10-8-9-15-14(16)11-13(18(21)23-15)12(3)17(20)22-7-2/h1,8-11H,3,7H2,2,4-5H3. The zero-order valence-electron chi connectivity index (χ0n) is 13.8. The van der Waals surface area contributed by atoms with Crippen LogP contribution in [0, 0.1) is 12.3 Å². The van der Waals surface area contributed by atoms with E-state index in [1.807, 2.05) is 0 Å². The molecule has 0 bridgehead atoms. The molecule has 0 radical (unpaired) electrons. The monoisotopic (exact) mass is 326 g/mol. The Kier molecular flexibility index (Phi) is 4.79. The van der Waals surface area contributed by atoms with Crippen molar-refractivity contribution in [1.29, 1.82) is 0 Å². The van der Waals surface area contributed by atoms with Crippen LogP contribution >= 0.6 is 0 Å². The molecule has 0 saturated carbocycles. The summed E-state index contributed by atoms with van der Waals surface area (Å²) in [5.74, 6) is 2.30. The minimum absolute atomic E-state index is 0.0236. The van der Waals surface area contributed by atoms with E-state index in [4.69, 9.17) is 20.3 Å². The molecule has 0 saturated heterocycles. The molecule has 5 nitrogen and oxygen atoms in total. The molecule has 2 rings (SSSR count). The maximum Gasteiger partial charge on any atom is 0.344 e. The first-order valence-electron chi connectivity index (χ1n) is 7.39. The molecule has 24 heavy (non-hydrogen) atoms. The van der Waals surface area contributed by atoms with Crippen LogP contribution in [0.4, 0.5) is 0 Å². The summed E-state index contributed by atoms with van der Waals surface area (Å²) < 4.78 is 16.0. The number of fused-ring (bicyclic) bond motifs is 1. The zero-order valence-corrected chi connectivity index (χ0v) is 13.8. The summed E-state index contributed by atoms with van der Waals surface area (Å²) in [5.41, 5.74) is -1.24. The summed E-state index contributed by atoms with van der Waals surface area (Å²) in [5, 5.41) is 0.515. The highest BCUT2D eigenvalue weighted by molar-refractivity contribution is 6.16. The van der Waals surface area contributed by atoms with E-state index >= 15 is 0 Å². The third kappa shape index (κ3) is 3.49. The Labute approximate surface area is 139 Å². The van der Waals surface area contributed by atoms with E-state index in [9.17, 15) is 9.59 Å². The Balaban J connectivity index is 2.59. The fourth-order valence-corrected chi connectivity index (χ4v) is 2.05. The van der Waals surface area contributed by atoms with E-state index in [1.54, 1.807) is 39.0 Å². The van der Waals surface area contributed by atoms with Gasteiger partial charge in [0.1, 0.15) is 11.3 Å². The predicted molar refractivity (Wildman–Crippen MR) is 91.7 cm³/mol. The van der Waals surface area contributed by atoms with Gasteiger partial charge in [0.25, 0.3) is 0 Å². The molecular formula is C19H18O5. The van der Waals surface area contributed by atoms with Crippen LogP contribution in [-0.4, -0.2) is 18.2 Å². The minimum atomic E-state index is -0.845. The van der Waals surface area contributed by atoms with Crippen molar-refractivity contribution >= 4 is 22.5 Å². The minimum Gasteiger partial charge on any atom is -0.474 e. The molecular weight excluding hydrogens is 308 g/mol. The first-order chi connectivity index (χ1) is 11.3. The summed E-state index contributed by atoms with van der Waals surface area (Å²) in [6, 6.07) is 6.52. The van der Waals surface area contributed by atoms with Gasteiger partial charge in [-0.15, -0.1) is 6.42 Å². The number of rotatable bonds is 5. The van der Waals surface area contributed by atoms with Crippen LogP contribution < -0.4 is 10.4 Å². The van der Waals surface area contributed by atoms with Gasteiger partial charge in [-0.2, -0.15) is 0 Å². The summed E-state index contributed by atoms with van der Waals surface area (Å²) in [6.45, 7) is 8.95. The second-order valence-electron chi connectivity index (χ2n) is 5.57. The molecule has 1 heterocycles. The van der Waals surface area contributed by atoms with Crippen molar-refractivity contribution in [2.45, 2.75) is 26.4 Å². The van der Waals surface area contributed by atoms with E-state index in [0.29, 0.717) is 16.7 Å². The number of hydrogen-bond acceptors (Lipinski definition) is 5. The Morgan fingerprint density at radius 3 is 2.75 bits per heavy atom. The van der Waals surface area contributed by atoms with Crippen LogP contribution in [0.3, 0.4) is 0 Å². The Morgan fingerprint density at radius 2 is 2.12 bits per heavy atom. The van der Waals surface area contributed by atoms with E-state index in [0.717, 1.165) is 0 Å². The van der Waals surface area contributed by atoms with Gasteiger partial charge in [0, 0.05) is 0 Å². The molecule has 1 aromatic carbocycles. The van der Waals surface area contributed by atoms with E-state index in [-0.39, 0.29) is 17.7 Å². The number of ether oxygens (including phenoxy) is 2. The molecule has 5 heteroatoms. The van der Waals surface area contributed by atoms with Gasteiger partial charge in [-0.1, -0.05) is 18.6 Å². The van der Waals surface area contributed by atoms with Crippen molar-refractivity contribution < 1.29 is 18.7 Å². The largest absolute Gasteiger partial charge is 0.474 e. The number of terminal acetylenes is 1. The van der Waals surface area contributed by atoms with Crippen LogP contribution in [0.5, 0.6) is 5.75 Å². The lowest BCUT2D eigenvalue weighted by Gasteiger charge is -2.21. The van der Waals surface area contributed by atoms with Crippen molar-refractivity contribution in [3.05, 3.63) is 46.8 Å². The first kappa shape index (κ1) is 17.4. The fraction of sp³-hybridized carbons (Fsp3) is 0.263. The van der Waals surface area contributed by atoms with Crippen LogP contribution in [-0.2, 0) is 9.53 Å². The topological polar surface area (TPSA) is 65.7 Å². The molecule has 0 atom stereocenters. The number of carbonyl (C=O) groups is 1. The molecule has 124 valence electrons. The highest BCUT2D eigenvalue weighted by Gasteiger charge is 2.20. The highest BCUT2D eigenvalue weighted by atomic mass is 16.5. The van der Waals surface area contributed by atoms with Gasteiger partial charge in [-0.3, -0.25) is 0 Å². The third-order valence-electron chi connectivity index (χ3n) is 3.30. The number of benzene rings is 1. The SMILES string of the molecule is C#CC(C)(C)Oc1cccc2oc(=O)c(C(=C)C(=O)OCC)cc12. The molecule has 0 aliphatic carbocycles. The number of esters is 1. The Hall–Kier alpha value is -3.00. The van der Waals surface area contributed by atoms with Gasteiger partial charge in [-0.25, -0.2) is 9.59 Å².